The predicted molar refractivity (Wildman–Crippen MR) is 81.1 cm³/mol. The number of phenols is 1. The minimum absolute atomic E-state index is 0.0144. The zero-order valence-corrected chi connectivity index (χ0v) is 12.6. The molecule has 0 unspecified atom stereocenters. The van der Waals surface area contributed by atoms with E-state index in [9.17, 15) is 9.90 Å². The van der Waals surface area contributed by atoms with Gasteiger partial charge in [0.05, 0.1) is 0 Å². The van der Waals surface area contributed by atoms with Gasteiger partial charge in [0, 0.05) is 20.4 Å². The molecule has 0 aliphatic rings. The maximum absolute atomic E-state index is 11.8. The van der Waals surface area contributed by atoms with Crippen LogP contribution in [0.25, 0.3) is 11.1 Å². The molecule has 0 amide bonds. The summed E-state index contributed by atoms with van der Waals surface area (Å²) in [5.41, 5.74) is 2.13. The summed E-state index contributed by atoms with van der Waals surface area (Å²) in [5.74, 6) is 0.0689. The van der Waals surface area contributed by atoms with Gasteiger partial charge in [-0.05, 0) is 60.2 Å². The Labute approximate surface area is 123 Å². The van der Waals surface area contributed by atoms with Crippen molar-refractivity contribution in [3.8, 4) is 22.9 Å². The summed E-state index contributed by atoms with van der Waals surface area (Å²) in [5, 5.41) is 19.2. The number of aromatic nitrogens is 1. The second kappa shape index (κ2) is 5.05. The smallest absolute Gasteiger partial charge is 0.266 e. The number of H-pyrrole nitrogens is 1. The standard InChI is InChI=1S/C14H11IN2O2/c1-7-3-13(18)10(5-12(7)15)9-4-8(2)17-14(19)11(9)6-16/h3-5,18H,1-2H3,(H,17,19). The van der Waals surface area contributed by atoms with Crippen molar-refractivity contribution in [2.75, 3.05) is 0 Å². The van der Waals surface area contributed by atoms with Crippen LogP contribution in [0.1, 0.15) is 16.8 Å². The number of aromatic amines is 1. The number of nitrogens with zero attached hydrogens (tertiary/aromatic N) is 1. The van der Waals surface area contributed by atoms with Crippen molar-refractivity contribution in [2.45, 2.75) is 13.8 Å². The first-order valence-electron chi connectivity index (χ1n) is 5.57. The highest BCUT2D eigenvalue weighted by Gasteiger charge is 2.14. The Bertz CT molecular complexity index is 757. The zero-order chi connectivity index (χ0) is 14.2. The fourth-order valence-electron chi connectivity index (χ4n) is 1.89. The van der Waals surface area contributed by atoms with Crippen molar-refractivity contribution in [3.63, 3.8) is 0 Å². The minimum atomic E-state index is -0.438. The summed E-state index contributed by atoms with van der Waals surface area (Å²) >= 11 is 2.15. The Morgan fingerprint density at radius 1 is 1.26 bits per heavy atom. The molecule has 5 heteroatoms. The van der Waals surface area contributed by atoms with E-state index in [1.165, 1.54) is 0 Å². The van der Waals surface area contributed by atoms with Crippen LogP contribution in [-0.4, -0.2) is 10.1 Å². The van der Waals surface area contributed by atoms with Gasteiger partial charge in [-0.25, -0.2) is 0 Å². The van der Waals surface area contributed by atoms with Gasteiger partial charge in [-0.15, -0.1) is 0 Å². The Balaban J connectivity index is 2.83. The molecule has 0 atom stereocenters. The summed E-state index contributed by atoms with van der Waals surface area (Å²) in [7, 11) is 0. The van der Waals surface area contributed by atoms with Crippen LogP contribution in [0.4, 0.5) is 0 Å². The highest BCUT2D eigenvalue weighted by Crippen LogP contribution is 2.33. The van der Waals surface area contributed by atoms with Crippen molar-refractivity contribution in [1.29, 1.82) is 5.26 Å². The highest BCUT2D eigenvalue weighted by molar-refractivity contribution is 14.1. The number of hydrogen-bond acceptors (Lipinski definition) is 3. The first-order valence-corrected chi connectivity index (χ1v) is 6.65. The van der Waals surface area contributed by atoms with Gasteiger partial charge in [0.1, 0.15) is 17.4 Å². The van der Waals surface area contributed by atoms with Crippen LogP contribution in [-0.2, 0) is 0 Å². The van der Waals surface area contributed by atoms with Crippen molar-refractivity contribution >= 4 is 22.6 Å². The van der Waals surface area contributed by atoms with Crippen LogP contribution in [0.3, 0.4) is 0 Å². The molecule has 0 spiro atoms. The van der Waals surface area contributed by atoms with Gasteiger partial charge in [-0.1, -0.05) is 0 Å². The Morgan fingerprint density at radius 3 is 2.58 bits per heavy atom. The number of hydrogen-bond donors (Lipinski definition) is 2. The summed E-state index contributed by atoms with van der Waals surface area (Å²) in [6.07, 6.45) is 0. The monoisotopic (exact) mass is 366 g/mol. The summed E-state index contributed by atoms with van der Waals surface area (Å²) in [6, 6.07) is 7.00. The molecule has 0 bridgehead atoms. The van der Waals surface area contributed by atoms with Gasteiger partial charge in [-0.2, -0.15) is 5.26 Å². The third-order valence-electron chi connectivity index (χ3n) is 2.85. The quantitative estimate of drug-likeness (QED) is 0.762. The molecule has 2 rings (SSSR count). The van der Waals surface area contributed by atoms with Crippen LogP contribution in [0.5, 0.6) is 5.75 Å². The molecule has 0 fully saturated rings. The van der Waals surface area contributed by atoms with Crippen molar-refractivity contribution in [1.82, 2.24) is 4.98 Å². The lowest BCUT2D eigenvalue weighted by Gasteiger charge is -2.10. The molecule has 19 heavy (non-hydrogen) atoms. The number of pyridine rings is 1. The molecule has 1 aromatic heterocycles. The Morgan fingerprint density at radius 2 is 1.95 bits per heavy atom. The molecule has 96 valence electrons. The molecule has 2 aromatic rings. The van der Waals surface area contributed by atoms with E-state index in [2.05, 4.69) is 27.6 Å². The van der Waals surface area contributed by atoms with Crippen molar-refractivity contribution < 1.29 is 5.11 Å². The molecule has 4 nitrogen and oxygen atoms in total. The average Bonchev–Trinajstić information content (AvgIpc) is 2.33. The largest absolute Gasteiger partial charge is 0.507 e. The van der Waals surface area contributed by atoms with Gasteiger partial charge in [0.2, 0.25) is 0 Å². The van der Waals surface area contributed by atoms with Crippen molar-refractivity contribution in [2.24, 2.45) is 0 Å². The molecule has 0 aliphatic heterocycles. The fraction of sp³-hybridized carbons (Fsp3) is 0.143. The summed E-state index contributed by atoms with van der Waals surface area (Å²) in [4.78, 5) is 14.4. The van der Waals surface area contributed by atoms with E-state index in [4.69, 9.17) is 5.26 Å². The lowest BCUT2D eigenvalue weighted by Crippen LogP contribution is -2.12. The molecule has 1 aromatic carbocycles. The van der Waals surface area contributed by atoms with Gasteiger partial charge in [0.15, 0.2) is 0 Å². The Hall–Kier alpha value is -1.81. The summed E-state index contributed by atoms with van der Waals surface area (Å²) < 4.78 is 0.965. The number of aryl methyl sites for hydroxylation is 2. The highest BCUT2D eigenvalue weighted by atomic mass is 127. The maximum atomic E-state index is 11.8. The van der Waals surface area contributed by atoms with Crippen molar-refractivity contribution in [3.05, 3.63) is 48.9 Å². The predicted octanol–water partition coefficient (Wildman–Crippen LogP) is 2.84. The van der Waals surface area contributed by atoms with E-state index in [1.54, 1.807) is 25.1 Å². The van der Waals surface area contributed by atoms with Crippen LogP contribution >= 0.6 is 22.6 Å². The zero-order valence-electron chi connectivity index (χ0n) is 10.4. The molecular weight excluding hydrogens is 355 g/mol. The molecule has 2 N–H and O–H groups in total. The fourth-order valence-corrected chi connectivity index (χ4v) is 2.36. The second-order valence-electron chi connectivity index (χ2n) is 4.30. The molecule has 0 aliphatic carbocycles. The summed E-state index contributed by atoms with van der Waals surface area (Å²) in [6.45, 7) is 3.63. The van der Waals surface area contributed by atoms with E-state index in [0.717, 1.165) is 9.13 Å². The van der Waals surface area contributed by atoms with Gasteiger partial charge >= 0.3 is 0 Å². The average molecular weight is 366 g/mol. The molecule has 0 saturated carbocycles. The van der Waals surface area contributed by atoms with E-state index in [1.807, 2.05) is 13.0 Å². The van der Waals surface area contributed by atoms with Crippen LogP contribution in [0.2, 0.25) is 0 Å². The molecule has 1 heterocycles. The van der Waals surface area contributed by atoms with Gasteiger partial charge < -0.3 is 10.1 Å². The van der Waals surface area contributed by atoms with Gasteiger partial charge in [0.25, 0.3) is 5.56 Å². The first-order chi connectivity index (χ1) is 8.93. The number of benzene rings is 1. The third-order valence-corrected chi connectivity index (χ3v) is 4.01. The lowest BCUT2D eigenvalue weighted by atomic mass is 9.99. The van der Waals surface area contributed by atoms with E-state index in [-0.39, 0.29) is 11.3 Å². The van der Waals surface area contributed by atoms with Crippen LogP contribution in [0.15, 0.2) is 23.0 Å². The first kappa shape index (κ1) is 13.6. The SMILES string of the molecule is Cc1cc(-c2cc(I)c(C)cc2O)c(C#N)c(=O)[nH]1. The second-order valence-corrected chi connectivity index (χ2v) is 5.46. The molecular formula is C14H11IN2O2. The minimum Gasteiger partial charge on any atom is -0.507 e. The molecule has 0 radical (unpaired) electrons. The van der Waals surface area contributed by atoms with E-state index >= 15 is 0 Å². The number of phenolic OH excluding ortho intramolecular Hbond substituents is 1. The van der Waals surface area contributed by atoms with Gasteiger partial charge in [-0.3, -0.25) is 4.79 Å². The van der Waals surface area contributed by atoms with E-state index in [0.29, 0.717) is 16.8 Å². The number of rotatable bonds is 1. The Kier molecular flexibility index (Phi) is 3.62. The van der Waals surface area contributed by atoms with Crippen LogP contribution in [0, 0.1) is 28.7 Å². The van der Waals surface area contributed by atoms with E-state index < -0.39 is 5.56 Å². The number of nitrogens with one attached hydrogen (secondary N) is 1. The number of aromatic hydroxyl groups is 1. The molecule has 0 saturated heterocycles. The normalized spacial score (nSPS) is 10.2. The van der Waals surface area contributed by atoms with Crippen LogP contribution < -0.4 is 5.56 Å². The topological polar surface area (TPSA) is 76.9 Å². The lowest BCUT2D eigenvalue weighted by molar-refractivity contribution is 0.476. The third kappa shape index (κ3) is 2.49. The number of halogens is 1. The maximum Gasteiger partial charge on any atom is 0.266 e. The number of nitriles is 1.